The summed E-state index contributed by atoms with van der Waals surface area (Å²) in [5.74, 6) is 1.48. The molecule has 102 valence electrons. The average molecular weight is 251 g/mol. The molecule has 1 aromatic carbocycles. The number of ether oxygens (including phenoxy) is 1. The summed E-state index contributed by atoms with van der Waals surface area (Å²) < 4.78 is 5.09. The molecule has 0 aliphatic rings. The highest BCUT2D eigenvalue weighted by atomic mass is 16.5. The predicted molar refractivity (Wildman–Crippen MR) is 74.9 cm³/mol. The monoisotopic (exact) mass is 251 g/mol. The van der Waals surface area contributed by atoms with Crippen molar-refractivity contribution in [3.63, 3.8) is 0 Å². The fourth-order valence-corrected chi connectivity index (χ4v) is 2.01. The van der Waals surface area contributed by atoms with Gasteiger partial charge in [0.15, 0.2) is 0 Å². The van der Waals surface area contributed by atoms with E-state index in [9.17, 15) is 5.11 Å². The lowest BCUT2D eigenvalue weighted by Gasteiger charge is -2.15. The van der Waals surface area contributed by atoms with E-state index in [1.807, 2.05) is 24.3 Å². The van der Waals surface area contributed by atoms with E-state index < -0.39 is 6.10 Å². The van der Waals surface area contributed by atoms with Gasteiger partial charge in [0.1, 0.15) is 5.75 Å². The van der Waals surface area contributed by atoms with Crippen molar-refractivity contribution in [3.05, 3.63) is 29.8 Å². The zero-order chi connectivity index (χ0) is 13.4. The molecule has 3 nitrogen and oxygen atoms in total. The van der Waals surface area contributed by atoms with E-state index in [-0.39, 0.29) is 0 Å². The third-order valence-corrected chi connectivity index (χ3v) is 3.11. The zero-order valence-corrected chi connectivity index (χ0v) is 11.6. The van der Waals surface area contributed by atoms with Gasteiger partial charge < -0.3 is 15.2 Å². The first-order chi connectivity index (χ1) is 8.67. The van der Waals surface area contributed by atoms with Crippen molar-refractivity contribution >= 4 is 0 Å². The molecule has 0 saturated carbocycles. The molecule has 2 unspecified atom stereocenters. The van der Waals surface area contributed by atoms with Crippen LogP contribution < -0.4 is 10.1 Å². The number of hydrogen-bond acceptors (Lipinski definition) is 3. The Morgan fingerprint density at radius 2 is 1.89 bits per heavy atom. The molecule has 0 aliphatic heterocycles. The summed E-state index contributed by atoms with van der Waals surface area (Å²) in [7, 11) is 1.64. The predicted octanol–water partition coefficient (Wildman–Crippen LogP) is 2.75. The number of methoxy groups -OCH3 is 1. The Labute approximate surface area is 110 Å². The van der Waals surface area contributed by atoms with Gasteiger partial charge >= 0.3 is 0 Å². The van der Waals surface area contributed by atoms with Crippen LogP contribution in [0, 0.1) is 5.92 Å². The van der Waals surface area contributed by atoms with Crippen molar-refractivity contribution in [3.8, 4) is 5.75 Å². The topological polar surface area (TPSA) is 41.5 Å². The third kappa shape index (κ3) is 5.07. The summed E-state index contributed by atoms with van der Waals surface area (Å²) in [6.45, 7) is 5.99. The van der Waals surface area contributed by atoms with Crippen LogP contribution in [-0.4, -0.2) is 25.3 Å². The van der Waals surface area contributed by atoms with Crippen molar-refractivity contribution in [1.82, 2.24) is 5.32 Å². The minimum atomic E-state index is -0.454. The lowest BCUT2D eigenvalue weighted by molar-refractivity contribution is 0.172. The van der Waals surface area contributed by atoms with Gasteiger partial charge in [0.05, 0.1) is 13.2 Å². The highest BCUT2D eigenvalue weighted by molar-refractivity contribution is 5.28. The maximum absolute atomic E-state index is 10.0. The van der Waals surface area contributed by atoms with Crippen LogP contribution in [0.5, 0.6) is 5.75 Å². The maximum Gasteiger partial charge on any atom is 0.118 e. The van der Waals surface area contributed by atoms with Gasteiger partial charge in [0.25, 0.3) is 0 Å². The van der Waals surface area contributed by atoms with Gasteiger partial charge in [-0.3, -0.25) is 0 Å². The van der Waals surface area contributed by atoms with Crippen molar-refractivity contribution < 1.29 is 9.84 Å². The summed E-state index contributed by atoms with van der Waals surface area (Å²) in [5, 5.41) is 13.3. The number of rotatable bonds is 8. The fraction of sp³-hybridized carbons (Fsp3) is 0.600. The summed E-state index contributed by atoms with van der Waals surface area (Å²) in [4.78, 5) is 0. The average Bonchev–Trinajstić information content (AvgIpc) is 2.39. The molecule has 0 saturated heterocycles. The van der Waals surface area contributed by atoms with Crippen LogP contribution in [0.4, 0.5) is 0 Å². The molecule has 0 fully saturated rings. The number of benzene rings is 1. The van der Waals surface area contributed by atoms with Gasteiger partial charge in [-0.15, -0.1) is 0 Å². The molecular formula is C15H25NO2. The molecule has 0 heterocycles. The molecule has 2 N–H and O–H groups in total. The Morgan fingerprint density at radius 1 is 1.22 bits per heavy atom. The van der Waals surface area contributed by atoms with Crippen molar-refractivity contribution in [2.24, 2.45) is 5.92 Å². The molecule has 1 aromatic rings. The molecule has 0 aliphatic carbocycles. The second-order valence-corrected chi connectivity index (χ2v) is 4.84. The van der Waals surface area contributed by atoms with Crippen LogP contribution in [0.25, 0.3) is 0 Å². The van der Waals surface area contributed by atoms with Gasteiger partial charge in [0, 0.05) is 6.54 Å². The lowest BCUT2D eigenvalue weighted by Crippen LogP contribution is -2.26. The first-order valence-corrected chi connectivity index (χ1v) is 6.70. The number of nitrogens with one attached hydrogen (secondary N) is 1. The summed E-state index contributed by atoms with van der Waals surface area (Å²) in [6.07, 6.45) is 1.99. The van der Waals surface area contributed by atoms with E-state index in [0.717, 1.165) is 17.9 Å². The fourth-order valence-electron chi connectivity index (χ4n) is 2.01. The molecule has 1 rings (SSSR count). The molecule has 0 aromatic heterocycles. The number of aliphatic hydroxyl groups excluding tert-OH is 1. The molecule has 2 atom stereocenters. The van der Waals surface area contributed by atoms with Crippen LogP contribution >= 0.6 is 0 Å². The first-order valence-electron chi connectivity index (χ1n) is 6.70. The molecule has 3 heteroatoms. The third-order valence-electron chi connectivity index (χ3n) is 3.11. The van der Waals surface area contributed by atoms with Gasteiger partial charge in [-0.2, -0.15) is 0 Å². The summed E-state index contributed by atoms with van der Waals surface area (Å²) in [6, 6.07) is 7.55. The Balaban J connectivity index is 2.33. The normalized spacial score (nSPS) is 14.2. The van der Waals surface area contributed by atoms with E-state index in [1.165, 1.54) is 12.8 Å². The van der Waals surface area contributed by atoms with E-state index in [4.69, 9.17) is 4.74 Å². The Hall–Kier alpha value is -1.06. The molecular weight excluding hydrogens is 226 g/mol. The van der Waals surface area contributed by atoms with Crippen LogP contribution in [0.3, 0.4) is 0 Å². The second kappa shape index (κ2) is 8.11. The van der Waals surface area contributed by atoms with Crippen molar-refractivity contribution in [1.29, 1.82) is 0 Å². The van der Waals surface area contributed by atoms with Crippen LogP contribution in [0.2, 0.25) is 0 Å². The quantitative estimate of drug-likeness (QED) is 0.746. The van der Waals surface area contributed by atoms with Crippen LogP contribution in [0.1, 0.15) is 38.4 Å². The van der Waals surface area contributed by atoms with Gasteiger partial charge in [-0.25, -0.2) is 0 Å². The van der Waals surface area contributed by atoms with E-state index in [1.54, 1.807) is 7.11 Å². The molecule has 0 bridgehead atoms. The largest absolute Gasteiger partial charge is 0.497 e. The summed E-state index contributed by atoms with van der Waals surface area (Å²) in [5.41, 5.74) is 0.923. The smallest absolute Gasteiger partial charge is 0.118 e. The maximum atomic E-state index is 10.0. The van der Waals surface area contributed by atoms with Crippen LogP contribution in [-0.2, 0) is 0 Å². The highest BCUT2D eigenvalue weighted by Crippen LogP contribution is 2.17. The van der Waals surface area contributed by atoms with E-state index >= 15 is 0 Å². The molecule has 18 heavy (non-hydrogen) atoms. The van der Waals surface area contributed by atoms with E-state index in [2.05, 4.69) is 19.2 Å². The molecule has 0 spiro atoms. The number of aliphatic hydroxyl groups is 1. The van der Waals surface area contributed by atoms with Gasteiger partial charge in [-0.05, 0) is 36.6 Å². The Morgan fingerprint density at radius 3 is 2.44 bits per heavy atom. The standard InChI is InChI=1S/C15H25NO2/c1-4-5-12(2)10-16-11-15(17)13-6-8-14(18-3)9-7-13/h6-9,12,15-17H,4-5,10-11H2,1-3H3. The SMILES string of the molecule is CCCC(C)CNCC(O)c1ccc(OC)cc1. The molecule has 0 radical (unpaired) electrons. The first kappa shape index (κ1) is 15.0. The van der Waals surface area contributed by atoms with Gasteiger partial charge in [0.2, 0.25) is 0 Å². The Kier molecular flexibility index (Phi) is 6.76. The zero-order valence-electron chi connectivity index (χ0n) is 11.6. The molecule has 0 amide bonds. The second-order valence-electron chi connectivity index (χ2n) is 4.84. The van der Waals surface area contributed by atoms with Crippen LogP contribution in [0.15, 0.2) is 24.3 Å². The summed E-state index contributed by atoms with van der Waals surface area (Å²) >= 11 is 0. The van der Waals surface area contributed by atoms with E-state index in [0.29, 0.717) is 12.5 Å². The lowest BCUT2D eigenvalue weighted by atomic mass is 10.1. The van der Waals surface area contributed by atoms with Crippen molar-refractivity contribution in [2.45, 2.75) is 32.8 Å². The highest BCUT2D eigenvalue weighted by Gasteiger charge is 2.08. The van der Waals surface area contributed by atoms with Crippen molar-refractivity contribution in [2.75, 3.05) is 20.2 Å². The number of hydrogen-bond donors (Lipinski definition) is 2. The minimum absolute atomic E-state index is 0.454. The minimum Gasteiger partial charge on any atom is -0.497 e. The van der Waals surface area contributed by atoms with Gasteiger partial charge in [-0.1, -0.05) is 32.4 Å². The Bertz CT molecular complexity index is 324.